The predicted octanol–water partition coefficient (Wildman–Crippen LogP) is 4.84. The number of hydrogen-bond donors (Lipinski definition) is 3. The summed E-state index contributed by atoms with van der Waals surface area (Å²) in [6, 6.07) is 7.79. The third kappa shape index (κ3) is 4.58. The van der Waals surface area contributed by atoms with Crippen LogP contribution in [0.15, 0.2) is 57.9 Å². The Labute approximate surface area is 197 Å². The first-order valence-corrected chi connectivity index (χ1v) is 11.7. The molecule has 0 unspecified atom stereocenters. The van der Waals surface area contributed by atoms with Gasteiger partial charge in [0.25, 0.3) is 5.91 Å². The molecule has 1 amide bonds. The van der Waals surface area contributed by atoms with Crippen LogP contribution in [-0.2, 0) is 16.0 Å². The van der Waals surface area contributed by atoms with Gasteiger partial charge in [0.05, 0.1) is 27.6 Å². The Hall–Kier alpha value is -2.28. The second-order valence-electron chi connectivity index (χ2n) is 8.82. The summed E-state index contributed by atoms with van der Waals surface area (Å²) in [5.41, 5.74) is 2.75. The number of halogens is 2. The smallest absolute Gasteiger partial charge is 0.258 e. The molecule has 6 nitrogen and oxygen atoms in total. The number of nitrogens with zero attached hydrogens (tertiary/aromatic N) is 1. The number of ketones is 1. The Morgan fingerprint density at radius 3 is 2.50 bits per heavy atom. The second-order valence-corrected chi connectivity index (χ2v) is 9.68. The van der Waals surface area contributed by atoms with Gasteiger partial charge in [-0.1, -0.05) is 54.6 Å². The standard InChI is InChI=1S/C24H27Cl2N3O3/c1-15(27-20-12-21(30)24(20)9-3-2-4-10-24)11-16-5-7-17(8-6-16)28-23(31)22-18(25)13-29(32)14-19(22)26/h5-8,12-13,15,27,32H,2-4,9-11,14H2,1H3,(H,28,31)/t15-/m0/s1. The second kappa shape index (κ2) is 9.30. The molecule has 1 aromatic rings. The van der Waals surface area contributed by atoms with Crippen LogP contribution in [0.3, 0.4) is 0 Å². The minimum absolute atomic E-state index is 0.00761. The molecular formula is C24H27Cl2N3O3. The van der Waals surface area contributed by atoms with Gasteiger partial charge >= 0.3 is 0 Å². The summed E-state index contributed by atoms with van der Waals surface area (Å²) in [6.45, 7) is 2.12. The molecule has 1 saturated carbocycles. The number of benzene rings is 1. The van der Waals surface area contributed by atoms with Gasteiger partial charge in [0.1, 0.15) is 0 Å². The molecule has 0 radical (unpaired) electrons. The van der Waals surface area contributed by atoms with E-state index in [1.165, 1.54) is 12.6 Å². The Bertz CT molecular complexity index is 1010. The summed E-state index contributed by atoms with van der Waals surface area (Å²) in [4.78, 5) is 24.8. The van der Waals surface area contributed by atoms with Crippen molar-refractivity contribution in [2.45, 2.75) is 51.5 Å². The molecular weight excluding hydrogens is 449 g/mol. The van der Waals surface area contributed by atoms with Gasteiger partial charge in [-0.2, -0.15) is 0 Å². The van der Waals surface area contributed by atoms with Crippen molar-refractivity contribution in [3.8, 4) is 0 Å². The molecule has 1 aliphatic heterocycles. The Balaban J connectivity index is 1.34. The van der Waals surface area contributed by atoms with E-state index in [1.54, 1.807) is 6.08 Å². The first kappa shape index (κ1) is 22.9. The number of hydroxylamine groups is 2. The van der Waals surface area contributed by atoms with E-state index in [-0.39, 0.29) is 39.4 Å². The van der Waals surface area contributed by atoms with Crippen LogP contribution in [0.4, 0.5) is 5.69 Å². The van der Waals surface area contributed by atoms with E-state index in [2.05, 4.69) is 17.6 Å². The molecule has 8 heteroatoms. The number of rotatable bonds is 6. The van der Waals surface area contributed by atoms with Crippen molar-refractivity contribution in [1.82, 2.24) is 10.4 Å². The lowest BCUT2D eigenvalue weighted by atomic mass is 9.62. The quantitative estimate of drug-likeness (QED) is 0.548. The highest BCUT2D eigenvalue weighted by Gasteiger charge is 2.48. The minimum atomic E-state index is -0.425. The third-order valence-corrected chi connectivity index (χ3v) is 7.02. The number of carbonyl (C=O) groups excluding carboxylic acids is 2. The number of allylic oxidation sites excluding steroid dienone is 2. The first-order chi connectivity index (χ1) is 15.3. The van der Waals surface area contributed by atoms with Gasteiger partial charge in [0.15, 0.2) is 5.78 Å². The average molecular weight is 476 g/mol. The first-order valence-electron chi connectivity index (χ1n) is 10.9. The molecule has 1 spiro atoms. The maximum absolute atomic E-state index is 12.6. The van der Waals surface area contributed by atoms with Gasteiger partial charge in [0.2, 0.25) is 0 Å². The van der Waals surface area contributed by atoms with Crippen LogP contribution < -0.4 is 10.6 Å². The highest BCUT2D eigenvalue weighted by Crippen LogP contribution is 2.48. The van der Waals surface area contributed by atoms with Gasteiger partial charge < -0.3 is 10.6 Å². The highest BCUT2D eigenvalue weighted by atomic mass is 35.5. The molecule has 1 fully saturated rings. The van der Waals surface area contributed by atoms with Gasteiger partial charge in [-0.25, -0.2) is 0 Å². The van der Waals surface area contributed by atoms with Crippen molar-refractivity contribution in [2.24, 2.45) is 5.41 Å². The van der Waals surface area contributed by atoms with Crippen LogP contribution in [-0.4, -0.2) is 34.5 Å². The van der Waals surface area contributed by atoms with Crippen LogP contribution >= 0.6 is 23.2 Å². The van der Waals surface area contributed by atoms with Crippen molar-refractivity contribution >= 4 is 40.6 Å². The number of hydrogen-bond acceptors (Lipinski definition) is 5. The summed E-state index contributed by atoms with van der Waals surface area (Å²) in [5.74, 6) is -0.145. The lowest BCUT2D eigenvalue weighted by Crippen LogP contribution is -2.49. The molecule has 32 heavy (non-hydrogen) atoms. The highest BCUT2D eigenvalue weighted by molar-refractivity contribution is 6.40. The molecule has 2 aliphatic carbocycles. The minimum Gasteiger partial charge on any atom is -0.385 e. The molecule has 1 heterocycles. The molecule has 4 rings (SSSR count). The largest absolute Gasteiger partial charge is 0.385 e. The molecule has 170 valence electrons. The van der Waals surface area contributed by atoms with E-state index in [9.17, 15) is 14.8 Å². The molecule has 3 aliphatic rings. The predicted molar refractivity (Wildman–Crippen MR) is 125 cm³/mol. The number of amides is 1. The van der Waals surface area contributed by atoms with Crippen molar-refractivity contribution in [2.75, 3.05) is 11.9 Å². The van der Waals surface area contributed by atoms with Crippen molar-refractivity contribution in [3.05, 3.63) is 63.4 Å². The summed E-state index contributed by atoms with van der Waals surface area (Å²) >= 11 is 12.2. The number of anilines is 1. The zero-order valence-electron chi connectivity index (χ0n) is 18.0. The lowest BCUT2D eigenvalue weighted by molar-refractivity contribution is -0.126. The fourth-order valence-corrected chi connectivity index (χ4v) is 5.40. The molecule has 0 aromatic heterocycles. The summed E-state index contributed by atoms with van der Waals surface area (Å²) in [7, 11) is 0. The topological polar surface area (TPSA) is 81.7 Å². The molecule has 1 aromatic carbocycles. The van der Waals surface area contributed by atoms with Crippen LogP contribution in [0.5, 0.6) is 0 Å². The lowest BCUT2D eigenvalue weighted by Gasteiger charge is -2.44. The zero-order chi connectivity index (χ0) is 22.9. The van der Waals surface area contributed by atoms with Gasteiger partial charge in [-0.05, 0) is 43.9 Å². The van der Waals surface area contributed by atoms with E-state index in [0.29, 0.717) is 5.69 Å². The van der Waals surface area contributed by atoms with E-state index < -0.39 is 5.91 Å². The fourth-order valence-electron chi connectivity index (χ4n) is 4.72. The number of carbonyl (C=O) groups is 2. The van der Waals surface area contributed by atoms with Crippen LogP contribution in [0, 0.1) is 5.41 Å². The SMILES string of the molecule is C[C@@H](Cc1ccc(NC(=O)C2=C(Cl)CN(O)C=C2Cl)cc1)NC1=CC(=O)C12CCCCC2. The summed E-state index contributed by atoms with van der Waals surface area (Å²) in [6.07, 6.45) is 9.19. The van der Waals surface area contributed by atoms with E-state index >= 15 is 0 Å². The molecule has 0 bridgehead atoms. The normalized spacial score (nSPS) is 21.0. The molecule has 1 atom stereocenters. The Morgan fingerprint density at radius 1 is 1.19 bits per heavy atom. The van der Waals surface area contributed by atoms with Crippen molar-refractivity contribution < 1.29 is 14.8 Å². The Morgan fingerprint density at radius 2 is 1.88 bits per heavy atom. The van der Waals surface area contributed by atoms with Crippen LogP contribution in [0.2, 0.25) is 0 Å². The summed E-state index contributed by atoms with van der Waals surface area (Å²) < 4.78 is 0. The van der Waals surface area contributed by atoms with Crippen molar-refractivity contribution in [1.29, 1.82) is 0 Å². The maximum Gasteiger partial charge on any atom is 0.258 e. The van der Waals surface area contributed by atoms with Crippen LogP contribution in [0.25, 0.3) is 0 Å². The van der Waals surface area contributed by atoms with Gasteiger partial charge in [-0.15, -0.1) is 0 Å². The Kier molecular flexibility index (Phi) is 6.65. The molecule has 0 saturated heterocycles. The fraction of sp³-hybridized carbons (Fsp3) is 0.417. The molecule has 3 N–H and O–H groups in total. The number of nitrogens with one attached hydrogen (secondary N) is 2. The van der Waals surface area contributed by atoms with E-state index in [4.69, 9.17) is 23.2 Å². The van der Waals surface area contributed by atoms with E-state index in [0.717, 1.165) is 48.4 Å². The van der Waals surface area contributed by atoms with E-state index in [1.807, 2.05) is 24.3 Å². The van der Waals surface area contributed by atoms with Crippen LogP contribution in [0.1, 0.15) is 44.6 Å². The maximum atomic E-state index is 12.6. The average Bonchev–Trinajstić information content (AvgIpc) is 2.75. The van der Waals surface area contributed by atoms with Gasteiger partial charge in [0, 0.05) is 29.7 Å². The van der Waals surface area contributed by atoms with Gasteiger partial charge in [-0.3, -0.25) is 19.9 Å². The summed E-state index contributed by atoms with van der Waals surface area (Å²) in [5, 5.41) is 16.9. The third-order valence-electron chi connectivity index (χ3n) is 6.43. The zero-order valence-corrected chi connectivity index (χ0v) is 19.5. The van der Waals surface area contributed by atoms with Crippen molar-refractivity contribution in [3.63, 3.8) is 0 Å². The monoisotopic (exact) mass is 475 g/mol.